The zero-order valence-electron chi connectivity index (χ0n) is 14.7. The Bertz CT molecular complexity index is 1010. The summed E-state index contributed by atoms with van der Waals surface area (Å²) < 4.78 is 5.94. The minimum atomic E-state index is -0.307. The maximum absolute atomic E-state index is 12.3. The van der Waals surface area contributed by atoms with Gasteiger partial charge in [-0.1, -0.05) is 12.1 Å². The summed E-state index contributed by atoms with van der Waals surface area (Å²) in [6, 6.07) is 11.2. The number of nitrogens with zero attached hydrogens (tertiary/aromatic N) is 1. The van der Waals surface area contributed by atoms with E-state index in [0.29, 0.717) is 25.3 Å². The lowest BCUT2D eigenvalue weighted by Gasteiger charge is -2.05. The molecule has 0 saturated heterocycles. The Kier molecular flexibility index (Phi) is 4.56. The average Bonchev–Trinajstić information content (AvgIpc) is 3.31. The highest BCUT2D eigenvalue weighted by molar-refractivity contribution is 6.01. The summed E-state index contributed by atoms with van der Waals surface area (Å²) in [5.41, 5.74) is 9.79. The van der Waals surface area contributed by atoms with Crippen molar-refractivity contribution in [3.8, 4) is 22.5 Å². The third-order valence-corrected chi connectivity index (χ3v) is 4.67. The molecule has 0 spiro atoms. The van der Waals surface area contributed by atoms with E-state index in [1.165, 1.54) is 0 Å². The summed E-state index contributed by atoms with van der Waals surface area (Å²) in [4.78, 5) is 28.3. The van der Waals surface area contributed by atoms with Crippen LogP contribution in [0.5, 0.6) is 0 Å². The Labute approximate surface area is 156 Å². The van der Waals surface area contributed by atoms with E-state index < -0.39 is 0 Å². The number of hydrogen-bond acceptors (Lipinski definition) is 5. The molecule has 27 heavy (non-hydrogen) atoms. The van der Waals surface area contributed by atoms with Gasteiger partial charge < -0.3 is 15.5 Å². The molecule has 1 aliphatic rings. The molecule has 136 valence electrons. The SMILES string of the molecule is NCCNC(=O)c1cc(-c2ccncc2)c(-c2ccc3c(c2)CCC3=O)o1. The van der Waals surface area contributed by atoms with Crippen molar-refractivity contribution < 1.29 is 14.0 Å². The van der Waals surface area contributed by atoms with Crippen LogP contribution in [-0.4, -0.2) is 29.8 Å². The first kappa shape index (κ1) is 17.2. The number of pyridine rings is 1. The van der Waals surface area contributed by atoms with Gasteiger partial charge in [0, 0.05) is 48.6 Å². The van der Waals surface area contributed by atoms with Gasteiger partial charge in [-0.05, 0) is 41.8 Å². The molecule has 6 heteroatoms. The second kappa shape index (κ2) is 7.17. The number of aryl methyl sites for hydroxylation is 1. The fraction of sp³-hybridized carbons (Fsp3) is 0.190. The lowest BCUT2D eigenvalue weighted by atomic mass is 9.99. The van der Waals surface area contributed by atoms with Crippen molar-refractivity contribution in [2.24, 2.45) is 5.73 Å². The highest BCUT2D eigenvalue weighted by atomic mass is 16.4. The number of aromatic nitrogens is 1. The molecule has 0 bridgehead atoms. The number of amides is 1. The van der Waals surface area contributed by atoms with Gasteiger partial charge in [0.25, 0.3) is 5.91 Å². The smallest absolute Gasteiger partial charge is 0.287 e. The largest absolute Gasteiger partial charge is 0.450 e. The number of furan rings is 1. The van der Waals surface area contributed by atoms with Crippen molar-refractivity contribution in [1.82, 2.24) is 10.3 Å². The van der Waals surface area contributed by atoms with Crippen LogP contribution in [0.2, 0.25) is 0 Å². The molecule has 0 atom stereocenters. The Morgan fingerprint density at radius 3 is 2.67 bits per heavy atom. The van der Waals surface area contributed by atoms with Crippen LogP contribution in [0.3, 0.4) is 0 Å². The zero-order chi connectivity index (χ0) is 18.8. The third kappa shape index (κ3) is 3.27. The number of benzene rings is 1. The molecule has 1 amide bonds. The molecular weight excluding hydrogens is 342 g/mol. The quantitative estimate of drug-likeness (QED) is 0.728. The number of nitrogens with two attached hydrogens (primary N) is 1. The first-order chi connectivity index (χ1) is 13.2. The minimum Gasteiger partial charge on any atom is -0.450 e. The number of hydrogen-bond donors (Lipinski definition) is 2. The van der Waals surface area contributed by atoms with Crippen LogP contribution < -0.4 is 11.1 Å². The molecule has 0 radical (unpaired) electrons. The van der Waals surface area contributed by atoms with E-state index in [1.807, 2.05) is 30.3 Å². The summed E-state index contributed by atoms with van der Waals surface area (Å²) >= 11 is 0. The van der Waals surface area contributed by atoms with E-state index in [2.05, 4.69) is 10.3 Å². The Morgan fingerprint density at radius 1 is 1.07 bits per heavy atom. The molecule has 0 fully saturated rings. The number of Topliss-reactive ketones (excluding diaryl/α,β-unsaturated/α-hetero) is 1. The van der Waals surface area contributed by atoms with E-state index in [4.69, 9.17) is 10.2 Å². The van der Waals surface area contributed by atoms with Gasteiger partial charge in [-0.15, -0.1) is 0 Å². The van der Waals surface area contributed by atoms with Crippen molar-refractivity contribution in [2.45, 2.75) is 12.8 Å². The van der Waals surface area contributed by atoms with E-state index in [-0.39, 0.29) is 17.5 Å². The van der Waals surface area contributed by atoms with Crippen molar-refractivity contribution in [3.05, 3.63) is 65.7 Å². The monoisotopic (exact) mass is 361 g/mol. The first-order valence-corrected chi connectivity index (χ1v) is 8.86. The van der Waals surface area contributed by atoms with Gasteiger partial charge in [-0.2, -0.15) is 0 Å². The second-order valence-electron chi connectivity index (χ2n) is 6.43. The predicted molar refractivity (Wildman–Crippen MR) is 101 cm³/mol. The Hall–Kier alpha value is -3.25. The molecule has 1 aliphatic carbocycles. The number of nitrogens with one attached hydrogen (secondary N) is 1. The standard InChI is InChI=1S/C21H19N3O3/c22-7-10-24-21(26)19-12-17(13-5-8-23-9-6-13)20(27-19)15-1-3-16-14(11-15)2-4-18(16)25/h1,3,5-6,8-9,11-12H,2,4,7,10,22H2,(H,24,26). The predicted octanol–water partition coefficient (Wildman–Crippen LogP) is 2.83. The van der Waals surface area contributed by atoms with Crippen LogP contribution in [0, 0.1) is 0 Å². The molecule has 3 N–H and O–H groups in total. The van der Waals surface area contributed by atoms with E-state index in [0.717, 1.165) is 34.2 Å². The normalized spacial score (nSPS) is 12.9. The molecule has 0 unspecified atom stereocenters. The van der Waals surface area contributed by atoms with E-state index in [9.17, 15) is 9.59 Å². The maximum atomic E-state index is 12.3. The van der Waals surface area contributed by atoms with Crippen LogP contribution >= 0.6 is 0 Å². The average molecular weight is 361 g/mol. The van der Waals surface area contributed by atoms with Crippen molar-refractivity contribution >= 4 is 11.7 Å². The zero-order valence-corrected chi connectivity index (χ0v) is 14.7. The Balaban J connectivity index is 1.80. The highest BCUT2D eigenvalue weighted by Gasteiger charge is 2.23. The topological polar surface area (TPSA) is 98.2 Å². The van der Waals surface area contributed by atoms with Gasteiger partial charge in [0.1, 0.15) is 5.76 Å². The molecular formula is C21H19N3O3. The first-order valence-electron chi connectivity index (χ1n) is 8.86. The van der Waals surface area contributed by atoms with Crippen LogP contribution in [0.4, 0.5) is 0 Å². The van der Waals surface area contributed by atoms with Gasteiger partial charge in [-0.3, -0.25) is 14.6 Å². The lowest BCUT2D eigenvalue weighted by molar-refractivity contribution is 0.0927. The number of carbonyl (C=O) groups excluding carboxylic acids is 2. The van der Waals surface area contributed by atoms with Crippen molar-refractivity contribution in [3.63, 3.8) is 0 Å². The van der Waals surface area contributed by atoms with Crippen LogP contribution in [0.1, 0.15) is 32.9 Å². The minimum absolute atomic E-state index is 0.173. The fourth-order valence-electron chi connectivity index (χ4n) is 3.33. The second-order valence-corrected chi connectivity index (χ2v) is 6.43. The molecule has 4 rings (SSSR count). The van der Waals surface area contributed by atoms with E-state index >= 15 is 0 Å². The van der Waals surface area contributed by atoms with Crippen LogP contribution in [0.15, 0.2) is 53.2 Å². The van der Waals surface area contributed by atoms with Crippen molar-refractivity contribution in [2.75, 3.05) is 13.1 Å². The third-order valence-electron chi connectivity index (χ3n) is 4.67. The molecule has 1 aromatic carbocycles. The number of rotatable bonds is 5. The van der Waals surface area contributed by atoms with Gasteiger partial charge in [0.15, 0.2) is 11.5 Å². The van der Waals surface area contributed by atoms with Gasteiger partial charge in [0.2, 0.25) is 0 Å². The molecule has 2 aromatic heterocycles. The lowest BCUT2D eigenvalue weighted by Crippen LogP contribution is -2.28. The summed E-state index contributed by atoms with van der Waals surface area (Å²) in [6.07, 6.45) is 4.67. The molecule has 3 aromatic rings. The van der Waals surface area contributed by atoms with Crippen LogP contribution in [0.25, 0.3) is 22.5 Å². The fourth-order valence-corrected chi connectivity index (χ4v) is 3.33. The Morgan fingerprint density at radius 2 is 1.89 bits per heavy atom. The maximum Gasteiger partial charge on any atom is 0.287 e. The van der Waals surface area contributed by atoms with Gasteiger partial charge in [0.05, 0.1) is 0 Å². The number of ketones is 1. The molecule has 0 aliphatic heterocycles. The summed E-state index contributed by atoms with van der Waals surface area (Å²) in [7, 11) is 0. The molecule has 2 heterocycles. The van der Waals surface area contributed by atoms with Gasteiger partial charge >= 0.3 is 0 Å². The molecule has 6 nitrogen and oxygen atoms in total. The van der Waals surface area contributed by atoms with Crippen molar-refractivity contribution in [1.29, 1.82) is 0 Å². The summed E-state index contributed by atoms with van der Waals surface area (Å²) in [6.45, 7) is 0.732. The van der Waals surface area contributed by atoms with E-state index in [1.54, 1.807) is 18.5 Å². The van der Waals surface area contributed by atoms with Crippen LogP contribution in [-0.2, 0) is 6.42 Å². The number of fused-ring (bicyclic) bond motifs is 1. The van der Waals surface area contributed by atoms with Gasteiger partial charge in [-0.25, -0.2) is 0 Å². The summed E-state index contributed by atoms with van der Waals surface area (Å²) in [5.74, 6) is 0.689. The summed E-state index contributed by atoms with van der Waals surface area (Å²) in [5, 5.41) is 2.72. The number of carbonyl (C=O) groups is 2. The highest BCUT2D eigenvalue weighted by Crippen LogP contribution is 2.37. The molecule has 0 saturated carbocycles.